The van der Waals surface area contributed by atoms with Gasteiger partial charge < -0.3 is 14.9 Å². The van der Waals surface area contributed by atoms with Crippen molar-refractivity contribution in [2.75, 3.05) is 12.5 Å². The lowest BCUT2D eigenvalue weighted by molar-refractivity contribution is -0.144. The number of alkyl halides is 1. The first-order valence-corrected chi connectivity index (χ1v) is 7.74. The van der Waals surface area contributed by atoms with Gasteiger partial charge >= 0.3 is 5.97 Å². The fourth-order valence-corrected chi connectivity index (χ4v) is 3.76. The third-order valence-electron chi connectivity index (χ3n) is 3.37. The first-order chi connectivity index (χ1) is 9.49. The first kappa shape index (κ1) is 15.5. The number of fused-ring (bicyclic) bond motifs is 1. The number of ether oxygens (including phenoxy) is 1. The summed E-state index contributed by atoms with van der Waals surface area (Å²) >= 11 is 6.85. The van der Waals surface area contributed by atoms with Gasteiger partial charge in [-0.05, 0) is 37.5 Å². The summed E-state index contributed by atoms with van der Waals surface area (Å²) < 4.78 is 4.22. The number of aliphatic hydroxyl groups is 1. The molecular formula is C14H17ClO4S. The lowest BCUT2D eigenvalue weighted by Crippen LogP contribution is -2.48. The van der Waals surface area contributed by atoms with Gasteiger partial charge in [0.2, 0.25) is 0 Å². The Labute approximate surface area is 127 Å². The molecule has 0 radical (unpaired) electrons. The molecule has 0 bridgehead atoms. The molecule has 0 spiro atoms. The molecule has 0 saturated carbocycles. The van der Waals surface area contributed by atoms with E-state index in [1.807, 2.05) is 25.1 Å². The van der Waals surface area contributed by atoms with Crippen molar-refractivity contribution in [3.05, 3.63) is 23.8 Å². The summed E-state index contributed by atoms with van der Waals surface area (Å²) in [4.78, 5) is 12.5. The number of rotatable bonds is 4. The molecule has 2 atom stereocenters. The molecular weight excluding hydrogens is 300 g/mol. The van der Waals surface area contributed by atoms with E-state index in [4.69, 9.17) is 16.3 Å². The number of carbonyl (C=O) groups is 1. The minimum atomic E-state index is -1.31. The number of carboxylic acids is 1. The van der Waals surface area contributed by atoms with E-state index in [0.29, 0.717) is 24.5 Å². The smallest absolute Gasteiger partial charge is 0.322 e. The van der Waals surface area contributed by atoms with E-state index in [1.54, 1.807) is 0 Å². The summed E-state index contributed by atoms with van der Waals surface area (Å²) in [6.45, 7) is 1.90. The van der Waals surface area contributed by atoms with E-state index >= 15 is 0 Å². The second-order valence-electron chi connectivity index (χ2n) is 4.87. The summed E-state index contributed by atoms with van der Waals surface area (Å²) in [6, 6.07) is 5.60. The lowest BCUT2D eigenvalue weighted by atomic mass is 9.96. The van der Waals surface area contributed by atoms with Crippen LogP contribution in [-0.2, 0) is 4.79 Å². The van der Waals surface area contributed by atoms with Crippen LogP contribution < -0.4 is 4.74 Å². The Morgan fingerprint density at radius 2 is 2.35 bits per heavy atom. The van der Waals surface area contributed by atoms with Gasteiger partial charge in [-0.15, -0.1) is 23.4 Å². The van der Waals surface area contributed by atoms with E-state index in [2.05, 4.69) is 0 Å². The first-order valence-electron chi connectivity index (χ1n) is 6.39. The number of hydrogen-bond acceptors (Lipinski definition) is 4. The number of aryl methyl sites for hydroxylation is 1. The molecule has 0 aromatic heterocycles. The molecule has 1 aliphatic rings. The maximum Gasteiger partial charge on any atom is 0.322 e. The normalized spacial score (nSPS) is 25.4. The summed E-state index contributed by atoms with van der Waals surface area (Å²) in [5, 5.41) is 19.9. The van der Waals surface area contributed by atoms with Crippen molar-refractivity contribution in [2.24, 2.45) is 0 Å². The Kier molecular flexibility index (Phi) is 4.83. The molecule has 2 N–H and O–H groups in total. The highest BCUT2D eigenvalue weighted by Gasteiger charge is 2.48. The van der Waals surface area contributed by atoms with Crippen molar-refractivity contribution in [3.8, 4) is 5.75 Å². The number of hydrogen-bond donors (Lipinski definition) is 2. The maximum absolute atomic E-state index is 11.8. The predicted octanol–water partition coefficient (Wildman–Crippen LogP) is 2.68. The fourth-order valence-electron chi connectivity index (χ4n) is 2.22. The van der Waals surface area contributed by atoms with Gasteiger partial charge in [-0.25, -0.2) is 0 Å². The zero-order valence-corrected chi connectivity index (χ0v) is 12.7. The minimum absolute atomic E-state index is 0.0301. The Balaban J connectivity index is 2.42. The molecule has 110 valence electrons. The molecule has 1 aliphatic heterocycles. The zero-order valence-electron chi connectivity index (χ0n) is 11.1. The summed E-state index contributed by atoms with van der Waals surface area (Å²) in [5.41, 5.74) is 1.02. The molecule has 0 saturated heterocycles. The fraction of sp³-hybridized carbons (Fsp3) is 0.500. The molecule has 0 amide bonds. The average Bonchev–Trinajstić information content (AvgIpc) is 2.54. The van der Waals surface area contributed by atoms with Crippen LogP contribution in [0.15, 0.2) is 23.1 Å². The van der Waals surface area contributed by atoms with Gasteiger partial charge in [0.05, 0.1) is 4.90 Å². The molecule has 2 rings (SSSR count). The van der Waals surface area contributed by atoms with Gasteiger partial charge in [0, 0.05) is 5.88 Å². The van der Waals surface area contributed by atoms with Gasteiger partial charge in [0.1, 0.15) is 23.2 Å². The third kappa shape index (κ3) is 2.90. The van der Waals surface area contributed by atoms with Gasteiger partial charge in [-0.1, -0.05) is 6.07 Å². The summed E-state index contributed by atoms with van der Waals surface area (Å²) in [5.74, 6) is -0.0455. The monoisotopic (exact) mass is 316 g/mol. The Morgan fingerprint density at radius 1 is 1.60 bits per heavy atom. The van der Waals surface area contributed by atoms with Crippen LogP contribution in [-0.4, -0.2) is 39.5 Å². The van der Waals surface area contributed by atoms with Crippen molar-refractivity contribution in [1.29, 1.82) is 0 Å². The predicted molar refractivity (Wildman–Crippen MR) is 78.9 cm³/mol. The van der Waals surface area contributed by atoms with Gasteiger partial charge in [-0.2, -0.15) is 0 Å². The molecule has 0 aliphatic carbocycles. The molecule has 0 fully saturated rings. The maximum atomic E-state index is 11.8. The molecule has 1 heterocycles. The second kappa shape index (κ2) is 6.24. The molecule has 4 nitrogen and oxygen atoms in total. The molecule has 1 aromatic rings. The number of aliphatic carboxylic acids is 1. The van der Waals surface area contributed by atoms with Crippen molar-refractivity contribution < 1.29 is 19.7 Å². The molecule has 1 aromatic carbocycles. The highest BCUT2D eigenvalue weighted by atomic mass is 35.5. The number of aliphatic hydroxyl groups excluding tert-OH is 1. The van der Waals surface area contributed by atoms with Crippen LogP contribution in [0, 0.1) is 6.92 Å². The third-order valence-corrected chi connectivity index (χ3v) is 5.19. The highest BCUT2D eigenvalue weighted by molar-refractivity contribution is 8.01. The Morgan fingerprint density at radius 3 is 3.00 bits per heavy atom. The van der Waals surface area contributed by atoms with Crippen LogP contribution in [0.2, 0.25) is 0 Å². The van der Waals surface area contributed by atoms with Gasteiger partial charge in [0.15, 0.2) is 0 Å². The standard InChI is InChI=1S/C14H17ClO4S/c1-9-3-4-10-11(7-9)20-14(13(17)18,5-2-6-15)12(16)8-19-10/h3-4,7,12,16H,2,5-6,8H2,1H3,(H,17,18). The van der Waals surface area contributed by atoms with Crippen LogP contribution in [0.3, 0.4) is 0 Å². The van der Waals surface area contributed by atoms with Crippen molar-refractivity contribution in [2.45, 2.75) is 35.5 Å². The van der Waals surface area contributed by atoms with E-state index in [9.17, 15) is 15.0 Å². The van der Waals surface area contributed by atoms with E-state index in [-0.39, 0.29) is 6.61 Å². The van der Waals surface area contributed by atoms with Crippen LogP contribution >= 0.6 is 23.4 Å². The largest absolute Gasteiger partial charge is 0.490 e. The number of thioether (sulfide) groups is 1. The average molecular weight is 317 g/mol. The number of benzene rings is 1. The van der Waals surface area contributed by atoms with Crippen LogP contribution in [0.25, 0.3) is 0 Å². The van der Waals surface area contributed by atoms with Crippen LogP contribution in [0.4, 0.5) is 0 Å². The van der Waals surface area contributed by atoms with Crippen LogP contribution in [0.1, 0.15) is 18.4 Å². The number of halogens is 1. The SMILES string of the molecule is Cc1ccc2c(c1)SC(CCCCl)(C(=O)O)C(O)CO2. The summed E-state index contributed by atoms with van der Waals surface area (Å²) in [7, 11) is 0. The zero-order chi connectivity index (χ0) is 14.8. The quantitative estimate of drug-likeness (QED) is 0.836. The van der Waals surface area contributed by atoms with E-state index < -0.39 is 16.8 Å². The Bertz CT molecular complexity index is 508. The van der Waals surface area contributed by atoms with Crippen molar-refractivity contribution in [1.82, 2.24) is 0 Å². The van der Waals surface area contributed by atoms with Crippen molar-refractivity contribution >= 4 is 29.3 Å². The van der Waals surface area contributed by atoms with Gasteiger partial charge in [-0.3, -0.25) is 4.79 Å². The second-order valence-corrected chi connectivity index (χ2v) is 6.62. The Hall–Kier alpha value is -0.910. The topological polar surface area (TPSA) is 66.8 Å². The van der Waals surface area contributed by atoms with E-state index in [1.165, 1.54) is 0 Å². The molecule has 2 unspecified atom stereocenters. The minimum Gasteiger partial charge on any atom is -0.490 e. The number of carboxylic acid groups (broad SMARTS) is 1. The molecule has 20 heavy (non-hydrogen) atoms. The highest BCUT2D eigenvalue weighted by Crippen LogP contribution is 2.46. The van der Waals surface area contributed by atoms with E-state index in [0.717, 1.165) is 22.2 Å². The summed E-state index contributed by atoms with van der Waals surface area (Å²) in [6.07, 6.45) is -0.256. The van der Waals surface area contributed by atoms with Crippen LogP contribution in [0.5, 0.6) is 5.75 Å². The van der Waals surface area contributed by atoms with Crippen molar-refractivity contribution in [3.63, 3.8) is 0 Å². The lowest BCUT2D eigenvalue weighted by Gasteiger charge is -2.30. The molecule has 6 heteroatoms. The van der Waals surface area contributed by atoms with Gasteiger partial charge in [0.25, 0.3) is 0 Å².